The van der Waals surface area contributed by atoms with Crippen LogP contribution >= 0.6 is 0 Å². The molecule has 0 aliphatic carbocycles. The minimum absolute atomic E-state index is 0.352. The number of benzene rings is 1. The van der Waals surface area contributed by atoms with Gasteiger partial charge in [-0.15, -0.1) is 0 Å². The summed E-state index contributed by atoms with van der Waals surface area (Å²) in [5, 5.41) is 0. The molecule has 0 saturated heterocycles. The van der Waals surface area contributed by atoms with E-state index in [1.807, 2.05) is 0 Å². The molecule has 1 aromatic carbocycles. The van der Waals surface area contributed by atoms with E-state index in [1.54, 1.807) is 38.3 Å². The Kier molecular flexibility index (Phi) is 6.46. The molecule has 0 amide bonds. The molecule has 19 heavy (non-hydrogen) atoms. The topological polar surface area (TPSA) is 70.8 Å². The number of hydrogen-bond acceptors (Lipinski definition) is 5. The van der Waals surface area contributed by atoms with Crippen molar-refractivity contribution in [1.82, 2.24) is 0 Å². The van der Waals surface area contributed by atoms with Crippen molar-refractivity contribution in [3.63, 3.8) is 0 Å². The average molecular weight is 265 g/mol. The maximum absolute atomic E-state index is 11.2. The predicted octanol–water partition coefficient (Wildman–Crippen LogP) is 1.87. The lowest BCUT2D eigenvalue weighted by Gasteiger charge is -2.07. The van der Waals surface area contributed by atoms with E-state index in [-0.39, 0.29) is 5.97 Å². The second-order valence-electron chi connectivity index (χ2n) is 3.72. The van der Waals surface area contributed by atoms with E-state index in [1.165, 1.54) is 6.08 Å². The zero-order chi connectivity index (χ0) is 14.1. The number of nitrogens with two attached hydrogens (primary N) is 1. The quantitative estimate of drug-likeness (QED) is 0.353. The second-order valence-corrected chi connectivity index (χ2v) is 3.72. The number of carbonyl (C=O) groups is 1. The van der Waals surface area contributed by atoms with Gasteiger partial charge in [-0.25, -0.2) is 4.79 Å². The number of carbonyl (C=O) groups excluding carboxylic acids is 1. The molecule has 0 radical (unpaired) electrons. The Morgan fingerprint density at radius 1 is 1.37 bits per heavy atom. The van der Waals surface area contributed by atoms with Crippen LogP contribution in [0.1, 0.15) is 12.5 Å². The molecular weight excluding hydrogens is 246 g/mol. The van der Waals surface area contributed by atoms with Crippen molar-refractivity contribution in [3.8, 4) is 5.75 Å². The predicted molar refractivity (Wildman–Crippen MR) is 73.9 cm³/mol. The minimum atomic E-state index is -0.387. The fourth-order valence-electron chi connectivity index (χ4n) is 1.39. The van der Waals surface area contributed by atoms with Crippen LogP contribution < -0.4 is 10.5 Å². The van der Waals surface area contributed by atoms with Gasteiger partial charge < -0.3 is 19.9 Å². The fraction of sp³-hybridized carbons (Fsp3) is 0.357. The van der Waals surface area contributed by atoms with Crippen molar-refractivity contribution in [2.24, 2.45) is 0 Å². The van der Waals surface area contributed by atoms with Gasteiger partial charge in [0.1, 0.15) is 12.4 Å². The highest BCUT2D eigenvalue weighted by Crippen LogP contribution is 2.21. The van der Waals surface area contributed by atoms with E-state index in [2.05, 4.69) is 0 Å². The molecule has 0 spiro atoms. The van der Waals surface area contributed by atoms with Crippen LogP contribution in [0.2, 0.25) is 0 Å². The van der Waals surface area contributed by atoms with Crippen LogP contribution in [-0.2, 0) is 14.3 Å². The zero-order valence-electron chi connectivity index (χ0n) is 11.2. The number of methoxy groups -OCH3 is 1. The van der Waals surface area contributed by atoms with Gasteiger partial charge in [0.05, 0.1) is 13.2 Å². The molecule has 0 aromatic heterocycles. The van der Waals surface area contributed by atoms with Gasteiger partial charge in [0.2, 0.25) is 0 Å². The van der Waals surface area contributed by atoms with Crippen molar-refractivity contribution in [2.45, 2.75) is 6.92 Å². The van der Waals surface area contributed by atoms with Crippen LogP contribution in [-0.4, -0.2) is 32.9 Å². The van der Waals surface area contributed by atoms with E-state index in [0.29, 0.717) is 31.3 Å². The third-order valence-corrected chi connectivity index (χ3v) is 2.30. The smallest absolute Gasteiger partial charge is 0.330 e. The molecule has 0 aliphatic heterocycles. The third kappa shape index (κ3) is 5.44. The van der Waals surface area contributed by atoms with Crippen LogP contribution in [0.15, 0.2) is 24.3 Å². The Bertz CT molecular complexity index is 443. The molecule has 0 aliphatic rings. The van der Waals surface area contributed by atoms with Crippen LogP contribution in [0.3, 0.4) is 0 Å². The van der Waals surface area contributed by atoms with Gasteiger partial charge in [0.25, 0.3) is 0 Å². The lowest BCUT2D eigenvalue weighted by atomic mass is 10.1. The molecule has 0 bridgehead atoms. The summed E-state index contributed by atoms with van der Waals surface area (Å²) in [6, 6.07) is 5.28. The maximum atomic E-state index is 11.2. The highest BCUT2D eigenvalue weighted by atomic mass is 16.5. The monoisotopic (exact) mass is 265 g/mol. The molecule has 5 nitrogen and oxygen atoms in total. The molecule has 1 rings (SSSR count). The lowest BCUT2D eigenvalue weighted by molar-refractivity contribution is -0.137. The molecule has 0 heterocycles. The maximum Gasteiger partial charge on any atom is 0.330 e. The number of rotatable bonds is 7. The van der Waals surface area contributed by atoms with E-state index in [9.17, 15) is 4.79 Å². The van der Waals surface area contributed by atoms with Crippen molar-refractivity contribution < 1.29 is 19.0 Å². The van der Waals surface area contributed by atoms with E-state index < -0.39 is 0 Å². The molecule has 0 atom stereocenters. The standard InChI is InChI=1S/C14H19NO4/c1-3-18-14(16)7-5-11-4-6-12(10-13(11)15)19-9-8-17-2/h4-7,10H,3,8-9,15H2,1-2H3/b7-5+. The van der Waals surface area contributed by atoms with E-state index in [4.69, 9.17) is 19.9 Å². The molecule has 0 unspecified atom stereocenters. The molecule has 5 heteroatoms. The summed E-state index contributed by atoms with van der Waals surface area (Å²) in [6.07, 6.45) is 2.97. The van der Waals surface area contributed by atoms with E-state index >= 15 is 0 Å². The highest BCUT2D eigenvalue weighted by molar-refractivity contribution is 5.88. The Hall–Kier alpha value is -2.01. The molecule has 2 N–H and O–H groups in total. The van der Waals surface area contributed by atoms with Crippen LogP contribution in [0.25, 0.3) is 6.08 Å². The summed E-state index contributed by atoms with van der Waals surface area (Å²) in [5.41, 5.74) is 7.15. The summed E-state index contributed by atoms with van der Waals surface area (Å²) in [6.45, 7) is 3.09. The van der Waals surface area contributed by atoms with Gasteiger partial charge in [0, 0.05) is 24.9 Å². The summed E-state index contributed by atoms with van der Waals surface area (Å²) in [4.78, 5) is 11.2. The van der Waals surface area contributed by atoms with E-state index in [0.717, 1.165) is 5.56 Å². The van der Waals surface area contributed by atoms with Crippen LogP contribution in [0, 0.1) is 0 Å². The first-order chi connectivity index (χ1) is 9.17. The summed E-state index contributed by atoms with van der Waals surface area (Å²) in [5.74, 6) is 0.283. The third-order valence-electron chi connectivity index (χ3n) is 2.30. The summed E-state index contributed by atoms with van der Waals surface area (Å²) >= 11 is 0. The van der Waals surface area contributed by atoms with Crippen molar-refractivity contribution in [2.75, 3.05) is 32.7 Å². The van der Waals surface area contributed by atoms with Gasteiger partial charge >= 0.3 is 5.97 Å². The van der Waals surface area contributed by atoms with Gasteiger partial charge in [-0.2, -0.15) is 0 Å². The van der Waals surface area contributed by atoms with Crippen molar-refractivity contribution in [1.29, 1.82) is 0 Å². The Labute approximate surface area is 113 Å². The summed E-state index contributed by atoms with van der Waals surface area (Å²) < 4.78 is 15.1. The van der Waals surface area contributed by atoms with Gasteiger partial charge in [-0.05, 0) is 30.7 Å². The highest BCUT2D eigenvalue weighted by Gasteiger charge is 2.01. The molecular formula is C14H19NO4. The lowest BCUT2D eigenvalue weighted by Crippen LogP contribution is -2.04. The largest absolute Gasteiger partial charge is 0.491 e. The molecule has 0 saturated carbocycles. The first-order valence-corrected chi connectivity index (χ1v) is 6.03. The Balaban J connectivity index is 2.64. The number of ether oxygens (including phenoxy) is 3. The SMILES string of the molecule is CCOC(=O)/C=C/c1ccc(OCCOC)cc1N. The zero-order valence-corrected chi connectivity index (χ0v) is 11.2. The Morgan fingerprint density at radius 3 is 2.79 bits per heavy atom. The minimum Gasteiger partial charge on any atom is -0.491 e. The summed E-state index contributed by atoms with van der Waals surface area (Å²) in [7, 11) is 1.61. The second kappa shape index (κ2) is 8.16. The number of anilines is 1. The van der Waals surface area contributed by atoms with Crippen molar-refractivity contribution >= 4 is 17.7 Å². The first-order valence-electron chi connectivity index (χ1n) is 6.03. The van der Waals surface area contributed by atoms with Crippen LogP contribution in [0.4, 0.5) is 5.69 Å². The van der Waals surface area contributed by atoms with Gasteiger partial charge in [-0.1, -0.05) is 0 Å². The number of hydrogen-bond donors (Lipinski definition) is 1. The van der Waals surface area contributed by atoms with Gasteiger partial charge in [0.15, 0.2) is 0 Å². The fourth-order valence-corrected chi connectivity index (χ4v) is 1.39. The average Bonchev–Trinajstić information content (AvgIpc) is 2.38. The molecule has 104 valence electrons. The van der Waals surface area contributed by atoms with Crippen LogP contribution in [0.5, 0.6) is 5.75 Å². The van der Waals surface area contributed by atoms with Gasteiger partial charge in [-0.3, -0.25) is 0 Å². The molecule has 1 aromatic rings. The normalized spacial score (nSPS) is 10.6. The molecule has 0 fully saturated rings. The number of esters is 1. The van der Waals surface area contributed by atoms with Crippen molar-refractivity contribution in [3.05, 3.63) is 29.8 Å². The first kappa shape index (κ1) is 15.0. The number of nitrogen functional groups attached to an aromatic ring is 1. The Morgan fingerprint density at radius 2 is 2.16 bits per heavy atom.